The van der Waals surface area contributed by atoms with Crippen molar-refractivity contribution < 1.29 is 19.0 Å². The smallest absolute Gasteiger partial charge is 0.149 e. The summed E-state index contributed by atoms with van der Waals surface area (Å²) < 4.78 is 26.0. The Bertz CT molecular complexity index is 432. The molecule has 0 saturated heterocycles. The van der Waals surface area contributed by atoms with Crippen molar-refractivity contribution in [1.29, 1.82) is 5.26 Å². The topological polar surface area (TPSA) is 90.3 Å². The molecule has 1 aromatic rings. The Balaban J connectivity index is 3.04. The molecule has 0 spiro atoms. The van der Waals surface area contributed by atoms with E-state index in [2.05, 4.69) is 0 Å². The van der Waals surface area contributed by atoms with Gasteiger partial charge < -0.3 is 15.9 Å². The Hall–Kier alpha value is -1.71. The van der Waals surface area contributed by atoms with E-state index in [-0.39, 0.29) is 17.7 Å². The molecule has 6 heteroatoms. The van der Waals surface area contributed by atoms with Crippen molar-refractivity contribution in [2.45, 2.75) is 18.6 Å². The highest BCUT2D eigenvalue weighted by molar-refractivity contribution is 5.44. The lowest BCUT2D eigenvalue weighted by molar-refractivity contribution is 0.0195. The summed E-state index contributed by atoms with van der Waals surface area (Å²) in [5, 5.41) is 27.1. The Morgan fingerprint density at radius 2 is 1.94 bits per heavy atom. The summed E-state index contributed by atoms with van der Waals surface area (Å²) in [5.41, 5.74) is 4.54. The minimum absolute atomic E-state index is 0.332. The number of halogens is 2. The van der Waals surface area contributed by atoms with Crippen molar-refractivity contribution in [2.75, 3.05) is 5.73 Å². The number of rotatable bonds is 3. The number of aliphatic hydroxyl groups excluding tert-OH is 2. The van der Waals surface area contributed by atoms with E-state index < -0.39 is 23.8 Å². The second kappa shape index (κ2) is 4.88. The number of nitrogens with two attached hydrogens (primary N) is 1. The van der Waals surface area contributed by atoms with Gasteiger partial charge in [0.1, 0.15) is 17.7 Å². The van der Waals surface area contributed by atoms with Crippen LogP contribution in [0.3, 0.4) is 0 Å². The lowest BCUT2D eigenvalue weighted by atomic mass is 10.0. The van der Waals surface area contributed by atoms with Gasteiger partial charge in [-0.05, 0) is 6.07 Å². The van der Waals surface area contributed by atoms with Gasteiger partial charge in [-0.3, -0.25) is 0 Å². The molecule has 2 atom stereocenters. The number of hydrogen-bond acceptors (Lipinski definition) is 4. The molecule has 16 heavy (non-hydrogen) atoms. The highest BCUT2D eigenvalue weighted by atomic mass is 19.1. The molecule has 1 aromatic carbocycles. The van der Waals surface area contributed by atoms with Crippen LogP contribution in [0.1, 0.15) is 18.1 Å². The number of benzene rings is 1. The molecule has 0 aliphatic carbocycles. The average Bonchev–Trinajstić information content (AvgIpc) is 2.23. The van der Waals surface area contributed by atoms with Crippen LogP contribution in [0.25, 0.3) is 0 Å². The maximum Gasteiger partial charge on any atom is 0.149 e. The Labute approximate surface area is 90.5 Å². The standard InChI is InChI=1S/C10H10F2N2O2/c11-6-4-7(12)8(14)3-5(6)10(16)9(15)1-2-13/h3-4,9-10,15-16H,1,14H2. The van der Waals surface area contributed by atoms with Crippen LogP contribution in [0.5, 0.6) is 0 Å². The average molecular weight is 228 g/mol. The largest absolute Gasteiger partial charge is 0.396 e. The number of hydrogen-bond donors (Lipinski definition) is 3. The molecule has 0 aliphatic heterocycles. The maximum atomic E-state index is 13.2. The SMILES string of the molecule is N#CCC(O)C(O)c1cc(N)c(F)cc1F. The molecule has 0 aromatic heterocycles. The Morgan fingerprint density at radius 3 is 2.50 bits per heavy atom. The second-order valence-corrected chi connectivity index (χ2v) is 3.27. The van der Waals surface area contributed by atoms with Crippen LogP contribution in [0.2, 0.25) is 0 Å². The molecule has 2 unspecified atom stereocenters. The highest BCUT2D eigenvalue weighted by Crippen LogP contribution is 2.25. The number of nitriles is 1. The summed E-state index contributed by atoms with van der Waals surface area (Å²) in [6.07, 6.45) is -3.41. The first-order valence-electron chi connectivity index (χ1n) is 4.45. The minimum Gasteiger partial charge on any atom is -0.396 e. The highest BCUT2D eigenvalue weighted by Gasteiger charge is 2.22. The zero-order valence-electron chi connectivity index (χ0n) is 8.19. The third-order valence-electron chi connectivity index (χ3n) is 2.10. The summed E-state index contributed by atoms with van der Waals surface area (Å²) >= 11 is 0. The van der Waals surface area contributed by atoms with Crippen LogP contribution in [-0.2, 0) is 0 Å². The fourth-order valence-electron chi connectivity index (χ4n) is 1.22. The van der Waals surface area contributed by atoms with Crippen LogP contribution in [0, 0.1) is 23.0 Å². The van der Waals surface area contributed by atoms with E-state index >= 15 is 0 Å². The molecule has 0 radical (unpaired) electrons. The van der Waals surface area contributed by atoms with E-state index in [1.54, 1.807) is 6.07 Å². The van der Waals surface area contributed by atoms with Gasteiger partial charge in [0.15, 0.2) is 0 Å². The molecule has 0 fully saturated rings. The normalized spacial score (nSPS) is 14.2. The lowest BCUT2D eigenvalue weighted by Gasteiger charge is -2.16. The van der Waals surface area contributed by atoms with E-state index in [9.17, 15) is 19.0 Å². The van der Waals surface area contributed by atoms with E-state index in [4.69, 9.17) is 11.0 Å². The number of anilines is 1. The molecule has 86 valence electrons. The fraction of sp³-hybridized carbons (Fsp3) is 0.300. The minimum atomic E-state index is -1.61. The predicted molar refractivity (Wildman–Crippen MR) is 52.0 cm³/mol. The van der Waals surface area contributed by atoms with E-state index in [0.29, 0.717) is 6.07 Å². The van der Waals surface area contributed by atoms with Gasteiger partial charge in [-0.15, -0.1) is 0 Å². The summed E-state index contributed by atoms with van der Waals surface area (Å²) in [5.74, 6) is -1.96. The predicted octanol–water partition coefficient (Wildman–Crippen LogP) is 0.855. The van der Waals surface area contributed by atoms with Gasteiger partial charge in [0.2, 0.25) is 0 Å². The molecule has 0 saturated carbocycles. The fourth-order valence-corrected chi connectivity index (χ4v) is 1.22. The zero-order chi connectivity index (χ0) is 12.3. The first-order chi connectivity index (χ1) is 7.47. The molecular formula is C10H10F2N2O2. The van der Waals surface area contributed by atoms with Crippen molar-refractivity contribution >= 4 is 5.69 Å². The molecule has 0 bridgehead atoms. The van der Waals surface area contributed by atoms with E-state index in [1.165, 1.54) is 0 Å². The van der Waals surface area contributed by atoms with Gasteiger partial charge in [-0.2, -0.15) is 5.26 Å². The van der Waals surface area contributed by atoms with Crippen LogP contribution < -0.4 is 5.73 Å². The molecule has 4 N–H and O–H groups in total. The first kappa shape index (κ1) is 12.4. The van der Waals surface area contributed by atoms with E-state index in [1.807, 2.05) is 0 Å². The summed E-state index contributed by atoms with van der Waals surface area (Å²) in [7, 11) is 0. The quantitative estimate of drug-likeness (QED) is 0.669. The van der Waals surface area contributed by atoms with Gasteiger partial charge in [-0.1, -0.05) is 0 Å². The van der Waals surface area contributed by atoms with Gasteiger partial charge in [0.25, 0.3) is 0 Å². The summed E-state index contributed by atoms with van der Waals surface area (Å²) in [6, 6.07) is 3.05. The number of aliphatic hydroxyl groups is 2. The summed E-state index contributed by atoms with van der Waals surface area (Å²) in [6.45, 7) is 0. The van der Waals surface area contributed by atoms with Crippen LogP contribution in [0.4, 0.5) is 14.5 Å². The lowest BCUT2D eigenvalue weighted by Crippen LogP contribution is -2.19. The van der Waals surface area contributed by atoms with Crippen LogP contribution in [-0.4, -0.2) is 16.3 Å². The Kier molecular flexibility index (Phi) is 3.77. The second-order valence-electron chi connectivity index (χ2n) is 3.27. The maximum absolute atomic E-state index is 13.2. The third-order valence-corrected chi connectivity index (χ3v) is 2.10. The number of nitrogen functional groups attached to an aromatic ring is 1. The van der Waals surface area contributed by atoms with Crippen molar-refractivity contribution in [2.24, 2.45) is 0 Å². The van der Waals surface area contributed by atoms with Crippen LogP contribution >= 0.6 is 0 Å². The van der Waals surface area contributed by atoms with Crippen molar-refractivity contribution in [3.05, 3.63) is 29.3 Å². The van der Waals surface area contributed by atoms with Crippen LogP contribution in [0.15, 0.2) is 12.1 Å². The molecule has 0 amide bonds. The Morgan fingerprint density at radius 1 is 1.31 bits per heavy atom. The first-order valence-corrected chi connectivity index (χ1v) is 4.45. The summed E-state index contributed by atoms with van der Waals surface area (Å²) in [4.78, 5) is 0. The van der Waals surface area contributed by atoms with Crippen molar-refractivity contribution in [1.82, 2.24) is 0 Å². The monoisotopic (exact) mass is 228 g/mol. The molecule has 0 heterocycles. The van der Waals surface area contributed by atoms with Crippen molar-refractivity contribution in [3.63, 3.8) is 0 Å². The van der Waals surface area contributed by atoms with Gasteiger partial charge >= 0.3 is 0 Å². The van der Waals surface area contributed by atoms with E-state index in [0.717, 1.165) is 6.07 Å². The van der Waals surface area contributed by atoms with Gasteiger partial charge in [0, 0.05) is 11.6 Å². The molecular weight excluding hydrogens is 218 g/mol. The molecule has 0 aliphatic rings. The van der Waals surface area contributed by atoms with Gasteiger partial charge in [0.05, 0.1) is 24.3 Å². The molecule has 1 rings (SSSR count). The zero-order valence-corrected chi connectivity index (χ0v) is 8.19. The van der Waals surface area contributed by atoms with Crippen molar-refractivity contribution in [3.8, 4) is 6.07 Å². The third kappa shape index (κ3) is 2.45. The number of nitrogens with zero attached hydrogens (tertiary/aromatic N) is 1. The van der Waals surface area contributed by atoms with Gasteiger partial charge in [-0.25, -0.2) is 8.78 Å². The molecule has 4 nitrogen and oxygen atoms in total.